The molecule has 2 aromatic rings. The average molecular weight is 248 g/mol. The van der Waals surface area contributed by atoms with Gasteiger partial charge in [0.2, 0.25) is 5.88 Å². The highest BCUT2D eigenvalue weighted by atomic mass is 19.1. The number of halogens is 1. The van der Waals surface area contributed by atoms with E-state index in [4.69, 9.17) is 9.84 Å². The van der Waals surface area contributed by atoms with Crippen molar-refractivity contribution in [1.29, 1.82) is 0 Å². The zero-order chi connectivity index (χ0) is 13.0. The van der Waals surface area contributed by atoms with Gasteiger partial charge in [0.15, 0.2) is 0 Å². The molecule has 0 fully saturated rings. The molecule has 0 aliphatic heterocycles. The molecule has 0 spiro atoms. The number of rotatable bonds is 4. The van der Waals surface area contributed by atoms with Gasteiger partial charge in [-0.2, -0.15) is 0 Å². The van der Waals surface area contributed by atoms with E-state index in [9.17, 15) is 4.39 Å². The van der Waals surface area contributed by atoms with E-state index in [1.165, 1.54) is 24.5 Å². The Morgan fingerprint density at radius 2 is 2.06 bits per heavy atom. The Labute approximate surface area is 104 Å². The maximum atomic E-state index is 13.6. The Morgan fingerprint density at radius 1 is 1.28 bits per heavy atom. The molecule has 0 aliphatic rings. The average Bonchev–Trinajstić information content (AvgIpc) is 2.40. The summed E-state index contributed by atoms with van der Waals surface area (Å²) < 4.78 is 18.9. The third-order valence-corrected chi connectivity index (χ3v) is 2.44. The van der Waals surface area contributed by atoms with Gasteiger partial charge in [0.25, 0.3) is 0 Å². The van der Waals surface area contributed by atoms with Crippen LogP contribution in [0.2, 0.25) is 0 Å². The molecule has 2 rings (SSSR count). The molecular formula is C13H13FN2O2. The molecule has 0 atom stereocenters. The van der Waals surface area contributed by atoms with Crippen LogP contribution in [-0.4, -0.2) is 21.7 Å². The molecule has 0 unspecified atom stereocenters. The van der Waals surface area contributed by atoms with E-state index in [0.29, 0.717) is 23.7 Å². The first-order valence-electron chi connectivity index (χ1n) is 5.59. The van der Waals surface area contributed by atoms with Crippen LogP contribution >= 0.6 is 0 Å². The predicted octanol–water partition coefficient (Wildman–Crippen LogP) is 2.17. The van der Waals surface area contributed by atoms with Crippen molar-refractivity contribution in [3.8, 4) is 17.1 Å². The number of nitrogens with zero attached hydrogens (tertiary/aromatic N) is 2. The highest BCUT2D eigenvalue weighted by Gasteiger charge is 2.11. The van der Waals surface area contributed by atoms with Crippen LogP contribution in [0.1, 0.15) is 12.5 Å². The maximum Gasteiger partial charge on any atom is 0.240 e. The van der Waals surface area contributed by atoms with Crippen LogP contribution in [0, 0.1) is 5.82 Å². The van der Waals surface area contributed by atoms with Crippen molar-refractivity contribution in [1.82, 2.24) is 9.97 Å². The van der Waals surface area contributed by atoms with Crippen LogP contribution in [0.15, 0.2) is 30.6 Å². The molecule has 5 heteroatoms. The van der Waals surface area contributed by atoms with E-state index >= 15 is 0 Å². The highest BCUT2D eigenvalue weighted by molar-refractivity contribution is 5.64. The molecule has 1 heterocycles. The van der Waals surface area contributed by atoms with Gasteiger partial charge in [-0.1, -0.05) is 12.1 Å². The second-order valence-corrected chi connectivity index (χ2v) is 3.61. The lowest BCUT2D eigenvalue weighted by Gasteiger charge is -2.08. The van der Waals surface area contributed by atoms with E-state index in [2.05, 4.69) is 9.97 Å². The topological polar surface area (TPSA) is 55.2 Å². The number of hydrogen-bond acceptors (Lipinski definition) is 4. The van der Waals surface area contributed by atoms with Gasteiger partial charge in [-0.15, -0.1) is 0 Å². The minimum Gasteiger partial charge on any atom is -0.476 e. The van der Waals surface area contributed by atoms with E-state index < -0.39 is 5.82 Å². The molecule has 1 N–H and O–H groups in total. The quantitative estimate of drug-likeness (QED) is 0.901. The summed E-state index contributed by atoms with van der Waals surface area (Å²) in [6.07, 6.45) is 3.04. The summed E-state index contributed by atoms with van der Waals surface area (Å²) in [6.45, 7) is 1.97. The zero-order valence-corrected chi connectivity index (χ0v) is 9.93. The molecule has 18 heavy (non-hydrogen) atoms. The van der Waals surface area contributed by atoms with Crippen LogP contribution in [0.4, 0.5) is 4.39 Å². The van der Waals surface area contributed by atoms with E-state index in [0.717, 1.165) is 0 Å². The number of ether oxygens (including phenoxy) is 1. The monoisotopic (exact) mass is 248 g/mol. The Hall–Kier alpha value is -2.01. The molecule has 1 aromatic heterocycles. The minimum atomic E-state index is -0.469. The van der Waals surface area contributed by atoms with Gasteiger partial charge in [-0.25, -0.2) is 14.4 Å². The first-order chi connectivity index (χ1) is 8.76. The molecule has 0 amide bonds. The first-order valence-corrected chi connectivity index (χ1v) is 5.59. The zero-order valence-electron chi connectivity index (χ0n) is 9.93. The van der Waals surface area contributed by atoms with Crippen molar-refractivity contribution in [3.63, 3.8) is 0 Å². The highest BCUT2D eigenvalue weighted by Crippen LogP contribution is 2.26. The summed E-state index contributed by atoms with van der Waals surface area (Å²) in [5.41, 5.74) is 1.31. The standard InChI is InChI=1S/C13H13FN2O2/c1-2-18-13-12(15-5-6-16-13)9-3-4-10(8-17)11(14)7-9/h3-7,17H,2,8H2,1H3. The van der Waals surface area contributed by atoms with Gasteiger partial charge in [-0.05, 0) is 13.0 Å². The third-order valence-electron chi connectivity index (χ3n) is 2.44. The van der Waals surface area contributed by atoms with Gasteiger partial charge < -0.3 is 9.84 Å². The second kappa shape index (κ2) is 5.55. The molecule has 0 saturated carbocycles. The fraction of sp³-hybridized carbons (Fsp3) is 0.231. The van der Waals surface area contributed by atoms with E-state index in [-0.39, 0.29) is 12.2 Å². The Kier molecular flexibility index (Phi) is 3.84. The lowest BCUT2D eigenvalue weighted by Crippen LogP contribution is -1.99. The molecule has 4 nitrogen and oxygen atoms in total. The fourth-order valence-electron chi connectivity index (χ4n) is 1.59. The smallest absolute Gasteiger partial charge is 0.240 e. The van der Waals surface area contributed by atoms with Gasteiger partial charge in [0.1, 0.15) is 11.5 Å². The first kappa shape index (κ1) is 12.4. The molecule has 0 bridgehead atoms. The maximum absolute atomic E-state index is 13.6. The number of benzene rings is 1. The summed E-state index contributed by atoms with van der Waals surface area (Å²) in [4.78, 5) is 8.21. The lowest BCUT2D eigenvalue weighted by atomic mass is 10.1. The molecule has 94 valence electrons. The van der Waals surface area contributed by atoms with Crippen molar-refractivity contribution in [2.75, 3.05) is 6.61 Å². The van der Waals surface area contributed by atoms with Crippen LogP contribution < -0.4 is 4.74 Å². The van der Waals surface area contributed by atoms with Gasteiger partial charge in [0, 0.05) is 23.5 Å². The number of aliphatic hydroxyl groups is 1. The van der Waals surface area contributed by atoms with Crippen molar-refractivity contribution in [3.05, 3.63) is 42.0 Å². The molecule has 1 aromatic carbocycles. The summed E-state index contributed by atoms with van der Waals surface area (Å²) in [5.74, 6) is -0.0979. The number of aromatic nitrogens is 2. The summed E-state index contributed by atoms with van der Waals surface area (Å²) in [6, 6.07) is 4.52. The number of hydrogen-bond donors (Lipinski definition) is 1. The third kappa shape index (κ3) is 2.46. The van der Waals surface area contributed by atoms with Crippen molar-refractivity contribution >= 4 is 0 Å². The molecule has 0 aliphatic carbocycles. The van der Waals surface area contributed by atoms with Gasteiger partial charge in [0.05, 0.1) is 13.2 Å². The predicted molar refractivity (Wildman–Crippen MR) is 64.5 cm³/mol. The Balaban J connectivity index is 2.45. The van der Waals surface area contributed by atoms with Crippen molar-refractivity contribution in [2.24, 2.45) is 0 Å². The largest absolute Gasteiger partial charge is 0.476 e. The lowest BCUT2D eigenvalue weighted by molar-refractivity contribution is 0.276. The molecule has 0 radical (unpaired) electrons. The van der Waals surface area contributed by atoms with E-state index in [1.54, 1.807) is 6.07 Å². The van der Waals surface area contributed by atoms with Crippen LogP contribution in [-0.2, 0) is 6.61 Å². The Morgan fingerprint density at radius 3 is 2.72 bits per heavy atom. The summed E-state index contributed by atoms with van der Waals surface area (Å²) >= 11 is 0. The minimum absolute atomic E-state index is 0.251. The van der Waals surface area contributed by atoms with Crippen molar-refractivity contribution < 1.29 is 14.2 Å². The Bertz CT molecular complexity index is 546. The van der Waals surface area contributed by atoms with Crippen LogP contribution in [0.25, 0.3) is 11.3 Å². The van der Waals surface area contributed by atoms with Gasteiger partial charge >= 0.3 is 0 Å². The van der Waals surface area contributed by atoms with Crippen LogP contribution in [0.3, 0.4) is 0 Å². The molecular weight excluding hydrogens is 235 g/mol. The summed E-state index contributed by atoms with van der Waals surface area (Å²) in [7, 11) is 0. The van der Waals surface area contributed by atoms with E-state index in [1.807, 2.05) is 6.92 Å². The molecule has 0 saturated heterocycles. The summed E-state index contributed by atoms with van der Waals surface area (Å²) in [5, 5.41) is 8.93. The van der Waals surface area contributed by atoms with Crippen molar-refractivity contribution in [2.45, 2.75) is 13.5 Å². The van der Waals surface area contributed by atoms with Crippen LogP contribution in [0.5, 0.6) is 5.88 Å². The fourth-order valence-corrected chi connectivity index (χ4v) is 1.59. The second-order valence-electron chi connectivity index (χ2n) is 3.61. The van der Waals surface area contributed by atoms with Gasteiger partial charge in [-0.3, -0.25) is 0 Å². The number of aliphatic hydroxyl groups excluding tert-OH is 1. The normalized spacial score (nSPS) is 10.4. The SMILES string of the molecule is CCOc1nccnc1-c1ccc(CO)c(F)c1.